The molecule has 0 aromatic rings. The second-order valence-electron chi connectivity index (χ2n) is 11.7. The van der Waals surface area contributed by atoms with E-state index in [1.807, 2.05) is 19.9 Å². The maximum Gasteiger partial charge on any atom is 0.303 e. The van der Waals surface area contributed by atoms with Gasteiger partial charge in [-0.3, -0.25) is 19.2 Å². The number of esters is 4. The number of carbonyl (C=O) groups is 4. The lowest BCUT2D eigenvalue weighted by atomic mass is 9.55. The molecule has 0 radical (unpaired) electrons. The highest BCUT2D eigenvalue weighted by Gasteiger charge is 2.71. The zero-order chi connectivity index (χ0) is 28.7. The summed E-state index contributed by atoms with van der Waals surface area (Å²) in [6, 6.07) is 0. The molecule has 3 rings (SSSR count). The molecule has 1 saturated heterocycles. The van der Waals surface area contributed by atoms with Crippen molar-refractivity contribution in [3.8, 4) is 0 Å². The van der Waals surface area contributed by atoms with Crippen LogP contribution < -0.4 is 0 Å². The van der Waals surface area contributed by atoms with Crippen LogP contribution in [0.15, 0.2) is 11.6 Å². The minimum atomic E-state index is -1.48. The SMILES string of the molecule is CC(=O)OC1C(C(C)C)C2C3OC(C=C(C)C(O)CCC3(C)OC(C)=O)C2C(C)(OC(C)=O)C1OC(C)=O. The van der Waals surface area contributed by atoms with Crippen LogP contribution in [0.3, 0.4) is 0 Å². The van der Waals surface area contributed by atoms with Crippen molar-refractivity contribution in [2.75, 3.05) is 0 Å². The smallest absolute Gasteiger partial charge is 0.303 e. The van der Waals surface area contributed by atoms with E-state index in [-0.39, 0.29) is 5.92 Å². The van der Waals surface area contributed by atoms with E-state index in [9.17, 15) is 24.3 Å². The minimum Gasteiger partial charge on any atom is -0.458 e. The quantitative estimate of drug-likeness (QED) is 0.316. The molecule has 2 aliphatic heterocycles. The summed E-state index contributed by atoms with van der Waals surface area (Å²) >= 11 is 0. The van der Waals surface area contributed by atoms with Crippen LogP contribution in [0, 0.1) is 23.7 Å². The number of aliphatic hydroxyl groups is 1. The van der Waals surface area contributed by atoms with E-state index >= 15 is 0 Å². The maximum atomic E-state index is 12.5. The van der Waals surface area contributed by atoms with Gasteiger partial charge in [0.15, 0.2) is 11.7 Å². The molecule has 2 fully saturated rings. The summed E-state index contributed by atoms with van der Waals surface area (Å²) in [6.07, 6.45) is -1.82. The molecular weight excluding hydrogens is 496 g/mol. The zero-order valence-corrected chi connectivity index (χ0v) is 23.8. The monoisotopic (exact) mass is 538 g/mol. The van der Waals surface area contributed by atoms with Gasteiger partial charge in [-0.15, -0.1) is 0 Å². The van der Waals surface area contributed by atoms with E-state index in [4.69, 9.17) is 23.7 Å². The van der Waals surface area contributed by atoms with Crippen LogP contribution >= 0.6 is 0 Å². The summed E-state index contributed by atoms with van der Waals surface area (Å²) < 4.78 is 30.3. The van der Waals surface area contributed by atoms with Crippen LogP contribution in [-0.2, 0) is 42.9 Å². The van der Waals surface area contributed by atoms with E-state index in [1.54, 1.807) is 20.8 Å². The molecule has 10 heteroatoms. The third-order valence-electron chi connectivity index (χ3n) is 8.35. The van der Waals surface area contributed by atoms with E-state index in [2.05, 4.69) is 0 Å². The Balaban J connectivity index is 2.36. The van der Waals surface area contributed by atoms with Crippen molar-refractivity contribution < 1.29 is 48.0 Å². The lowest BCUT2D eigenvalue weighted by Gasteiger charge is -2.55. The molecule has 0 spiro atoms. The largest absolute Gasteiger partial charge is 0.458 e. The van der Waals surface area contributed by atoms with Gasteiger partial charge in [-0.25, -0.2) is 0 Å². The van der Waals surface area contributed by atoms with Crippen molar-refractivity contribution in [2.45, 2.75) is 117 Å². The molecule has 2 bridgehead atoms. The van der Waals surface area contributed by atoms with E-state index in [0.29, 0.717) is 18.4 Å². The molecule has 10 unspecified atom stereocenters. The first-order valence-electron chi connectivity index (χ1n) is 13.3. The number of hydrogen-bond donors (Lipinski definition) is 1. The molecule has 1 N–H and O–H groups in total. The average Bonchev–Trinajstić information content (AvgIpc) is 3.14. The van der Waals surface area contributed by atoms with Gasteiger partial charge in [-0.05, 0) is 45.1 Å². The van der Waals surface area contributed by atoms with Gasteiger partial charge in [0, 0.05) is 45.4 Å². The van der Waals surface area contributed by atoms with Gasteiger partial charge in [0.1, 0.15) is 17.8 Å². The molecule has 0 aromatic heterocycles. The number of aliphatic hydroxyl groups excluding tert-OH is 1. The first-order chi connectivity index (χ1) is 17.5. The van der Waals surface area contributed by atoms with Crippen molar-refractivity contribution >= 4 is 23.9 Å². The Morgan fingerprint density at radius 2 is 1.55 bits per heavy atom. The summed E-state index contributed by atoms with van der Waals surface area (Å²) in [4.78, 5) is 49.5. The fourth-order valence-corrected chi connectivity index (χ4v) is 7.09. The fraction of sp³-hybridized carbons (Fsp3) is 0.786. The van der Waals surface area contributed by atoms with Crippen LogP contribution in [-0.4, -0.2) is 70.7 Å². The highest BCUT2D eigenvalue weighted by molar-refractivity contribution is 5.69. The predicted octanol–water partition coefficient (Wildman–Crippen LogP) is 2.88. The number of rotatable bonds is 5. The summed E-state index contributed by atoms with van der Waals surface area (Å²) in [5.41, 5.74) is -1.97. The standard InChI is InChI=1S/C28H42O10/c1-13(2)21-22-23(28(9,38-18(7)32)26(35-16(5)30)24(21)34-15(4)29)20-12-14(3)19(33)10-11-27(8,25(22)36-20)37-17(6)31/h12-13,19-26,33H,10-11H2,1-9H3. The lowest BCUT2D eigenvalue weighted by Crippen LogP contribution is -2.69. The van der Waals surface area contributed by atoms with Gasteiger partial charge in [-0.1, -0.05) is 19.9 Å². The van der Waals surface area contributed by atoms with E-state index in [1.165, 1.54) is 27.7 Å². The van der Waals surface area contributed by atoms with Gasteiger partial charge < -0.3 is 28.8 Å². The summed E-state index contributed by atoms with van der Waals surface area (Å²) in [6.45, 7) is 14.3. The van der Waals surface area contributed by atoms with Crippen LogP contribution in [0.1, 0.15) is 75.2 Å². The first-order valence-corrected chi connectivity index (χ1v) is 13.3. The number of ether oxygens (including phenoxy) is 5. The third-order valence-corrected chi connectivity index (χ3v) is 8.35. The highest BCUT2D eigenvalue weighted by Crippen LogP contribution is 2.59. The molecule has 2 heterocycles. The van der Waals surface area contributed by atoms with Crippen molar-refractivity contribution in [3.63, 3.8) is 0 Å². The molecule has 0 aromatic carbocycles. The van der Waals surface area contributed by atoms with Gasteiger partial charge in [0.2, 0.25) is 0 Å². The molecule has 38 heavy (non-hydrogen) atoms. The van der Waals surface area contributed by atoms with E-state index in [0.717, 1.165) is 0 Å². The van der Waals surface area contributed by atoms with Crippen molar-refractivity contribution in [1.82, 2.24) is 0 Å². The number of fused-ring (bicyclic) bond motifs is 5. The van der Waals surface area contributed by atoms with Gasteiger partial charge in [-0.2, -0.15) is 0 Å². The van der Waals surface area contributed by atoms with Crippen molar-refractivity contribution in [3.05, 3.63) is 11.6 Å². The fourth-order valence-electron chi connectivity index (χ4n) is 7.09. The molecule has 3 aliphatic rings. The van der Waals surface area contributed by atoms with Gasteiger partial charge in [0.05, 0.1) is 12.2 Å². The predicted molar refractivity (Wildman–Crippen MR) is 134 cm³/mol. The topological polar surface area (TPSA) is 135 Å². The van der Waals surface area contributed by atoms with Crippen molar-refractivity contribution in [1.29, 1.82) is 0 Å². The summed E-state index contributed by atoms with van der Waals surface area (Å²) in [5, 5.41) is 10.8. The average molecular weight is 539 g/mol. The molecule has 10 nitrogen and oxygen atoms in total. The van der Waals surface area contributed by atoms with Crippen LogP contribution in [0.2, 0.25) is 0 Å². The Kier molecular flexibility index (Phi) is 8.68. The highest BCUT2D eigenvalue weighted by atomic mass is 16.6. The molecule has 0 amide bonds. The van der Waals surface area contributed by atoms with Crippen LogP contribution in [0.25, 0.3) is 0 Å². The van der Waals surface area contributed by atoms with Gasteiger partial charge in [0.25, 0.3) is 0 Å². The first kappa shape index (κ1) is 30.1. The second kappa shape index (κ2) is 11.0. The third kappa shape index (κ3) is 5.61. The zero-order valence-electron chi connectivity index (χ0n) is 23.8. The summed E-state index contributed by atoms with van der Waals surface area (Å²) in [7, 11) is 0. The Morgan fingerprint density at radius 3 is 2.05 bits per heavy atom. The van der Waals surface area contributed by atoms with Crippen molar-refractivity contribution in [2.24, 2.45) is 23.7 Å². The van der Waals surface area contributed by atoms with E-state index < -0.39 is 83.4 Å². The normalized spacial score (nSPS) is 40.6. The summed E-state index contributed by atoms with van der Waals surface area (Å²) in [5.74, 6) is -3.84. The molecule has 10 atom stereocenters. The minimum absolute atomic E-state index is 0.100. The molecule has 1 aliphatic carbocycles. The van der Waals surface area contributed by atoms with Gasteiger partial charge >= 0.3 is 23.9 Å². The van der Waals surface area contributed by atoms with Crippen LogP contribution in [0.5, 0.6) is 0 Å². The number of hydrogen-bond acceptors (Lipinski definition) is 10. The lowest BCUT2D eigenvalue weighted by molar-refractivity contribution is -0.248. The maximum absolute atomic E-state index is 12.5. The second-order valence-corrected chi connectivity index (χ2v) is 11.7. The Labute approximate surface area is 224 Å². The van der Waals surface area contributed by atoms with Crippen LogP contribution in [0.4, 0.5) is 0 Å². The number of carbonyl (C=O) groups excluding carboxylic acids is 4. The molecular formula is C28H42O10. The Hall–Kier alpha value is -2.46. The molecule has 1 saturated carbocycles. The Bertz CT molecular complexity index is 988. The Morgan fingerprint density at radius 1 is 0.974 bits per heavy atom. The molecule has 214 valence electrons.